The second kappa shape index (κ2) is 7.00. The Balaban J connectivity index is 1.91. The van der Waals surface area contributed by atoms with Crippen molar-refractivity contribution < 1.29 is 27.8 Å². The number of alkyl halides is 3. The molecule has 0 spiro atoms. The second-order valence-corrected chi connectivity index (χ2v) is 5.34. The summed E-state index contributed by atoms with van der Waals surface area (Å²) in [5.41, 5.74) is 0.607. The number of halogens is 3. The summed E-state index contributed by atoms with van der Waals surface area (Å²) < 4.78 is 41.0. The second-order valence-electron chi connectivity index (χ2n) is 5.34. The molecule has 2 rings (SSSR count). The largest absolute Gasteiger partial charge is 0.484 e. The van der Waals surface area contributed by atoms with Gasteiger partial charge in [0, 0.05) is 13.1 Å². The average molecular weight is 317 g/mol. The molecule has 122 valence electrons. The van der Waals surface area contributed by atoms with Crippen molar-refractivity contribution in [1.29, 1.82) is 0 Å². The van der Waals surface area contributed by atoms with Crippen LogP contribution in [0.2, 0.25) is 0 Å². The summed E-state index contributed by atoms with van der Waals surface area (Å²) in [5, 5.41) is 9.41. The van der Waals surface area contributed by atoms with Crippen LogP contribution in [0.25, 0.3) is 0 Å². The summed E-state index contributed by atoms with van der Waals surface area (Å²) in [7, 11) is 0. The number of aliphatic hydroxyl groups is 1. The maximum Gasteiger partial charge on any atom is 0.422 e. The number of nitrogens with zero attached hydrogens (tertiary/aromatic N) is 1. The summed E-state index contributed by atoms with van der Waals surface area (Å²) in [4.78, 5) is 13.8. The van der Waals surface area contributed by atoms with Crippen LogP contribution in [0.3, 0.4) is 0 Å². The fraction of sp³-hybridized carbons (Fsp3) is 0.533. The topological polar surface area (TPSA) is 49.8 Å². The van der Waals surface area contributed by atoms with Crippen LogP contribution in [0.1, 0.15) is 18.4 Å². The van der Waals surface area contributed by atoms with Gasteiger partial charge in [-0.15, -0.1) is 0 Å². The van der Waals surface area contributed by atoms with Gasteiger partial charge in [0.05, 0.1) is 12.5 Å². The molecule has 0 unspecified atom stereocenters. The molecule has 1 heterocycles. The van der Waals surface area contributed by atoms with Gasteiger partial charge < -0.3 is 14.7 Å². The fourth-order valence-corrected chi connectivity index (χ4v) is 2.31. The van der Waals surface area contributed by atoms with Crippen molar-refractivity contribution in [3.63, 3.8) is 0 Å². The summed E-state index contributed by atoms with van der Waals surface area (Å²) in [6.07, 6.45) is -3.52. The van der Waals surface area contributed by atoms with Crippen LogP contribution >= 0.6 is 0 Å². The van der Waals surface area contributed by atoms with Crippen molar-refractivity contribution in [2.45, 2.75) is 31.5 Å². The van der Waals surface area contributed by atoms with Gasteiger partial charge in [0.2, 0.25) is 5.91 Å². The smallest absolute Gasteiger partial charge is 0.422 e. The van der Waals surface area contributed by atoms with E-state index in [0.29, 0.717) is 31.5 Å². The van der Waals surface area contributed by atoms with E-state index in [0.717, 1.165) is 0 Å². The summed E-state index contributed by atoms with van der Waals surface area (Å²) >= 11 is 0. The minimum absolute atomic E-state index is 0.0942. The van der Waals surface area contributed by atoms with Gasteiger partial charge in [0.15, 0.2) is 6.61 Å². The SMILES string of the molecule is O=C(Cc1cccc(OCC(F)(F)F)c1)N1CCC(O)CC1. The van der Waals surface area contributed by atoms with Crippen molar-refractivity contribution >= 4 is 5.91 Å². The molecule has 0 aliphatic carbocycles. The van der Waals surface area contributed by atoms with Gasteiger partial charge in [-0.2, -0.15) is 13.2 Å². The molecule has 1 N–H and O–H groups in total. The summed E-state index contributed by atoms with van der Waals surface area (Å²) in [6, 6.07) is 6.12. The molecule has 4 nitrogen and oxygen atoms in total. The molecule has 1 aromatic rings. The number of aliphatic hydroxyl groups excluding tert-OH is 1. The summed E-state index contributed by atoms with van der Waals surface area (Å²) in [5.74, 6) is -0.00318. The normalized spacial score (nSPS) is 16.6. The Hall–Kier alpha value is -1.76. The standard InChI is InChI=1S/C15H18F3NO3/c16-15(17,18)10-22-13-3-1-2-11(8-13)9-14(21)19-6-4-12(20)5-7-19/h1-3,8,12,20H,4-7,9-10H2. The number of carbonyl (C=O) groups excluding carboxylic acids is 1. The number of rotatable bonds is 4. The Morgan fingerprint density at radius 2 is 2.00 bits per heavy atom. The third-order valence-corrected chi connectivity index (χ3v) is 3.47. The van der Waals surface area contributed by atoms with E-state index in [2.05, 4.69) is 4.74 Å². The van der Waals surface area contributed by atoms with Crippen molar-refractivity contribution in [3.05, 3.63) is 29.8 Å². The van der Waals surface area contributed by atoms with Crippen LogP contribution < -0.4 is 4.74 Å². The lowest BCUT2D eigenvalue weighted by molar-refractivity contribution is -0.153. The third kappa shape index (κ3) is 5.22. The van der Waals surface area contributed by atoms with Gasteiger partial charge in [0.1, 0.15) is 5.75 Å². The lowest BCUT2D eigenvalue weighted by Gasteiger charge is -2.29. The van der Waals surface area contributed by atoms with Crippen LogP contribution in [0, 0.1) is 0 Å². The number of hydrogen-bond donors (Lipinski definition) is 1. The summed E-state index contributed by atoms with van der Waals surface area (Å²) in [6.45, 7) is -0.344. The van der Waals surface area contributed by atoms with E-state index in [1.807, 2.05) is 0 Å². The molecule has 1 fully saturated rings. The maximum atomic E-state index is 12.1. The van der Waals surface area contributed by atoms with Gasteiger partial charge >= 0.3 is 6.18 Å². The molecule has 0 bridgehead atoms. The zero-order chi connectivity index (χ0) is 16.2. The maximum absolute atomic E-state index is 12.1. The quantitative estimate of drug-likeness (QED) is 0.926. The molecule has 1 aliphatic rings. The first-order valence-corrected chi connectivity index (χ1v) is 7.08. The number of amides is 1. The molecule has 0 saturated carbocycles. The molecular weight excluding hydrogens is 299 g/mol. The van der Waals surface area contributed by atoms with Gasteiger partial charge in [0.25, 0.3) is 0 Å². The van der Waals surface area contributed by atoms with Crippen molar-refractivity contribution in [3.8, 4) is 5.75 Å². The highest BCUT2D eigenvalue weighted by Crippen LogP contribution is 2.20. The predicted molar refractivity (Wildman–Crippen MR) is 73.5 cm³/mol. The van der Waals surface area contributed by atoms with E-state index in [-0.39, 0.29) is 24.2 Å². The van der Waals surface area contributed by atoms with Gasteiger partial charge in [-0.05, 0) is 30.5 Å². The number of ether oxygens (including phenoxy) is 1. The minimum Gasteiger partial charge on any atom is -0.484 e. The zero-order valence-corrected chi connectivity index (χ0v) is 12.0. The zero-order valence-electron chi connectivity index (χ0n) is 12.0. The lowest BCUT2D eigenvalue weighted by atomic mass is 10.1. The van der Waals surface area contributed by atoms with E-state index in [9.17, 15) is 23.1 Å². The molecule has 1 aromatic carbocycles. The highest BCUT2D eigenvalue weighted by molar-refractivity contribution is 5.79. The van der Waals surface area contributed by atoms with Crippen LogP contribution in [0.15, 0.2) is 24.3 Å². The molecule has 0 radical (unpaired) electrons. The van der Waals surface area contributed by atoms with Gasteiger partial charge in [-0.1, -0.05) is 12.1 Å². The average Bonchev–Trinajstić information content (AvgIpc) is 2.45. The van der Waals surface area contributed by atoms with E-state index < -0.39 is 12.8 Å². The Morgan fingerprint density at radius 3 is 2.64 bits per heavy atom. The Bertz CT molecular complexity index is 511. The monoisotopic (exact) mass is 317 g/mol. The van der Waals surface area contributed by atoms with E-state index in [1.54, 1.807) is 17.0 Å². The Morgan fingerprint density at radius 1 is 1.32 bits per heavy atom. The number of piperidine rings is 1. The van der Waals surface area contributed by atoms with Gasteiger partial charge in [-0.25, -0.2) is 0 Å². The van der Waals surface area contributed by atoms with Crippen LogP contribution in [-0.4, -0.2) is 47.9 Å². The Labute approximate surface area is 126 Å². The molecule has 7 heteroatoms. The fourth-order valence-electron chi connectivity index (χ4n) is 2.31. The van der Waals surface area contributed by atoms with E-state index >= 15 is 0 Å². The van der Waals surface area contributed by atoms with Crippen LogP contribution in [-0.2, 0) is 11.2 Å². The van der Waals surface area contributed by atoms with E-state index in [4.69, 9.17) is 0 Å². The van der Waals surface area contributed by atoms with Gasteiger partial charge in [-0.3, -0.25) is 4.79 Å². The van der Waals surface area contributed by atoms with Crippen molar-refractivity contribution in [1.82, 2.24) is 4.90 Å². The highest BCUT2D eigenvalue weighted by atomic mass is 19.4. The molecule has 1 amide bonds. The number of carbonyl (C=O) groups is 1. The first-order valence-electron chi connectivity index (χ1n) is 7.08. The molecule has 22 heavy (non-hydrogen) atoms. The molecule has 1 aliphatic heterocycles. The van der Waals surface area contributed by atoms with Crippen LogP contribution in [0.5, 0.6) is 5.75 Å². The van der Waals surface area contributed by atoms with Crippen molar-refractivity contribution in [2.24, 2.45) is 0 Å². The van der Waals surface area contributed by atoms with Crippen LogP contribution in [0.4, 0.5) is 13.2 Å². The molecule has 0 atom stereocenters. The number of hydrogen-bond acceptors (Lipinski definition) is 3. The first kappa shape index (κ1) is 16.6. The molecule has 0 aromatic heterocycles. The third-order valence-electron chi connectivity index (χ3n) is 3.47. The molecule has 1 saturated heterocycles. The highest BCUT2D eigenvalue weighted by Gasteiger charge is 2.28. The minimum atomic E-state index is -4.39. The Kier molecular flexibility index (Phi) is 5.28. The molecular formula is C15H18F3NO3. The first-order chi connectivity index (χ1) is 10.3. The van der Waals surface area contributed by atoms with E-state index in [1.165, 1.54) is 12.1 Å². The predicted octanol–water partition coefficient (Wildman–Crippen LogP) is 2.15. The lowest BCUT2D eigenvalue weighted by Crippen LogP contribution is -2.40. The van der Waals surface area contributed by atoms with Crippen molar-refractivity contribution in [2.75, 3.05) is 19.7 Å². The number of benzene rings is 1. The number of likely N-dealkylation sites (tertiary alicyclic amines) is 1.